The second-order valence-electron chi connectivity index (χ2n) is 8.82. The molecule has 3 rings (SSSR count). The third-order valence-corrected chi connectivity index (χ3v) is 7.65. The monoisotopic (exact) mass is 482 g/mol. The molecule has 34 heavy (non-hydrogen) atoms. The first-order chi connectivity index (χ1) is 16.2. The van der Waals surface area contributed by atoms with Crippen molar-refractivity contribution < 1.29 is 13.4 Å². The average Bonchev–Trinajstić information content (AvgIpc) is 3.09. The van der Waals surface area contributed by atoms with Crippen LogP contribution in [0.2, 0.25) is 0 Å². The topological polar surface area (TPSA) is 40.6 Å². The lowest BCUT2D eigenvalue weighted by atomic mass is 9.92. The molecule has 1 aliphatic carbocycles. The number of benzene rings is 2. The Balaban J connectivity index is 1.95. The van der Waals surface area contributed by atoms with Gasteiger partial charge in [0, 0.05) is 42.1 Å². The van der Waals surface area contributed by atoms with Gasteiger partial charge in [0.15, 0.2) is 0 Å². The summed E-state index contributed by atoms with van der Waals surface area (Å²) in [5.74, 6) is -0.666. The Labute approximate surface area is 205 Å². The van der Waals surface area contributed by atoms with Gasteiger partial charge in [-0.1, -0.05) is 32.0 Å². The summed E-state index contributed by atoms with van der Waals surface area (Å²) in [6, 6.07) is 12.4. The number of fused-ring (bicyclic) bond motifs is 1. The summed E-state index contributed by atoms with van der Waals surface area (Å²) in [4.78, 5) is 18.2. The van der Waals surface area contributed by atoms with Crippen molar-refractivity contribution in [3.63, 3.8) is 0 Å². The van der Waals surface area contributed by atoms with Gasteiger partial charge in [-0.2, -0.15) is 0 Å². The van der Waals surface area contributed by atoms with E-state index in [1.165, 1.54) is 12.1 Å². The molecule has 6 heteroatoms. The summed E-state index contributed by atoms with van der Waals surface area (Å²) in [5, 5.41) is 0. The molecule has 0 N–H and O–H groups in total. The first kappa shape index (κ1) is 26.0. The summed E-state index contributed by atoms with van der Waals surface area (Å²) in [6.45, 7) is 11.6. The standard InChI is InChI=1S/C28H35FN2O2S/c1-7-31(8-2)16-15-30(5)28(32)20(4)27-19(3)25(24-14-11-22(29)18-26(24)27)17-21-9-12-23(13-10-21)34(6)33/h9-14,17-18,20H,7-8,15-16H2,1-6H3/b25-17-. The van der Waals surface area contributed by atoms with Crippen molar-refractivity contribution >= 4 is 33.9 Å². The number of carbonyl (C=O) groups is 1. The first-order valence-electron chi connectivity index (χ1n) is 11.8. The molecule has 2 unspecified atom stereocenters. The van der Waals surface area contributed by atoms with E-state index in [-0.39, 0.29) is 11.7 Å². The maximum Gasteiger partial charge on any atom is 0.229 e. The number of hydrogen-bond acceptors (Lipinski definition) is 3. The molecule has 0 aliphatic heterocycles. The Bertz CT molecular complexity index is 1130. The molecule has 2 aromatic rings. The number of amides is 1. The normalized spacial score (nSPS) is 16.2. The van der Waals surface area contributed by atoms with E-state index in [4.69, 9.17) is 0 Å². The van der Waals surface area contributed by atoms with Gasteiger partial charge >= 0.3 is 0 Å². The van der Waals surface area contributed by atoms with Crippen molar-refractivity contribution in [3.05, 3.63) is 70.5 Å². The molecule has 2 atom stereocenters. The van der Waals surface area contributed by atoms with Crippen LogP contribution in [-0.2, 0) is 15.6 Å². The van der Waals surface area contributed by atoms with Crippen molar-refractivity contribution in [2.75, 3.05) is 39.5 Å². The zero-order valence-electron chi connectivity index (χ0n) is 21.0. The van der Waals surface area contributed by atoms with Crippen molar-refractivity contribution in [1.82, 2.24) is 9.80 Å². The van der Waals surface area contributed by atoms with Gasteiger partial charge in [0.05, 0.1) is 5.92 Å². The molecular weight excluding hydrogens is 447 g/mol. The fraction of sp³-hybridized carbons (Fsp3) is 0.393. The van der Waals surface area contributed by atoms with Crippen LogP contribution in [0.5, 0.6) is 0 Å². The van der Waals surface area contributed by atoms with Crippen LogP contribution in [0.25, 0.3) is 17.2 Å². The van der Waals surface area contributed by atoms with Crippen molar-refractivity contribution in [2.24, 2.45) is 5.92 Å². The van der Waals surface area contributed by atoms with Crippen molar-refractivity contribution in [3.8, 4) is 0 Å². The maximum atomic E-state index is 14.3. The smallest absolute Gasteiger partial charge is 0.229 e. The van der Waals surface area contributed by atoms with E-state index in [1.54, 1.807) is 17.2 Å². The molecule has 0 heterocycles. The molecule has 0 spiro atoms. The number of carbonyl (C=O) groups excluding carboxylic acids is 1. The van der Waals surface area contributed by atoms with Gasteiger partial charge in [0.1, 0.15) is 5.82 Å². The summed E-state index contributed by atoms with van der Waals surface area (Å²) in [7, 11) is 0.811. The largest absolute Gasteiger partial charge is 0.344 e. The minimum absolute atomic E-state index is 0.0349. The molecule has 0 bridgehead atoms. The molecule has 0 aromatic heterocycles. The van der Waals surface area contributed by atoms with Gasteiger partial charge in [-0.15, -0.1) is 0 Å². The minimum atomic E-state index is -1.03. The molecule has 2 aromatic carbocycles. The molecular formula is C28H35FN2O2S. The second kappa shape index (κ2) is 11.2. The number of likely N-dealkylation sites (N-methyl/N-ethyl adjacent to an activating group) is 2. The van der Waals surface area contributed by atoms with Crippen LogP contribution in [0.3, 0.4) is 0 Å². The molecule has 182 valence electrons. The summed E-state index contributed by atoms with van der Waals surface area (Å²) >= 11 is 0. The Morgan fingerprint density at radius 2 is 1.71 bits per heavy atom. The van der Waals surface area contributed by atoms with Crippen LogP contribution >= 0.6 is 0 Å². The Hall–Kier alpha value is -2.57. The Morgan fingerprint density at radius 3 is 2.29 bits per heavy atom. The highest BCUT2D eigenvalue weighted by Crippen LogP contribution is 2.45. The van der Waals surface area contributed by atoms with Gasteiger partial charge in [-0.25, -0.2) is 4.39 Å². The third kappa shape index (κ3) is 5.56. The summed E-state index contributed by atoms with van der Waals surface area (Å²) in [5.41, 5.74) is 5.54. The van der Waals surface area contributed by atoms with Crippen LogP contribution in [0.1, 0.15) is 44.4 Å². The number of rotatable bonds is 9. The fourth-order valence-corrected chi connectivity index (χ4v) is 5.10. The molecule has 0 saturated carbocycles. The summed E-state index contributed by atoms with van der Waals surface area (Å²) < 4.78 is 26.0. The van der Waals surface area contributed by atoms with E-state index in [0.29, 0.717) is 6.54 Å². The van der Waals surface area contributed by atoms with Crippen LogP contribution in [0.15, 0.2) is 52.9 Å². The number of nitrogens with zero attached hydrogens (tertiary/aromatic N) is 2. The molecule has 0 fully saturated rings. The van der Waals surface area contributed by atoms with E-state index < -0.39 is 16.7 Å². The van der Waals surface area contributed by atoms with Crippen LogP contribution in [0.4, 0.5) is 4.39 Å². The second-order valence-corrected chi connectivity index (χ2v) is 10.2. The zero-order valence-corrected chi connectivity index (χ0v) is 21.8. The molecule has 4 nitrogen and oxygen atoms in total. The van der Waals surface area contributed by atoms with E-state index >= 15 is 0 Å². The van der Waals surface area contributed by atoms with Gasteiger partial charge in [0.2, 0.25) is 5.91 Å². The number of hydrogen-bond donors (Lipinski definition) is 0. The number of halogens is 1. The van der Waals surface area contributed by atoms with Crippen LogP contribution in [-0.4, -0.2) is 59.4 Å². The third-order valence-electron chi connectivity index (χ3n) is 6.72. The van der Waals surface area contributed by atoms with Gasteiger partial charge < -0.3 is 9.80 Å². The SMILES string of the molecule is CCN(CC)CCN(C)C(=O)C(C)C1=C(C)/C(=C/c2ccc(S(C)=O)cc2)c2ccc(F)cc21. The Morgan fingerprint density at radius 1 is 1.06 bits per heavy atom. The lowest BCUT2D eigenvalue weighted by Gasteiger charge is -2.26. The van der Waals surface area contributed by atoms with E-state index in [0.717, 1.165) is 57.9 Å². The fourth-order valence-electron chi connectivity index (χ4n) is 4.59. The van der Waals surface area contributed by atoms with Gasteiger partial charge in [-0.3, -0.25) is 9.00 Å². The van der Waals surface area contributed by atoms with E-state index in [1.807, 2.05) is 45.2 Å². The average molecular weight is 483 g/mol. The van der Waals surface area contributed by atoms with Crippen LogP contribution < -0.4 is 0 Å². The van der Waals surface area contributed by atoms with Gasteiger partial charge in [-0.05, 0) is 90.7 Å². The van der Waals surface area contributed by atoms with Crippen molar-refractivity contribution in [1.29, 1.82) is 0 Å². The van der Waals surface area contributed by atoms with E-state index in [2.05, 4.69) is 24.8 Å². The quantitative estimate of drug-likeness (QED) is 0.485. The highest BCUT2D eigenvalue weighted by atomic mass is 32.2. The molecule has 1 aliphatic rings. The lowest BCUT2D eigenvalue weighted by molar-refractivity contribution is -0.132. The lowest BCUT2D eigenvalue weighted by Crippen LogP contribution is -2.38. The van der Waals surface area contributed by atoms with E-state index in [9.17, 15) is 13.4 Å². The highest BCUT2D eigenvalue weighted by molar-refractivity contribution is 7.84. The molecule has 1 amide bonds. The number of allylic oxidation sites excluding steroid dienone is 2. The zero-order chi connectivity index (χ0) is 25.0. The molecule has 0 radical (unpaired) electrons. The predicted molar refractivity (Wildman–Crippen MR) is 140 cm³/mol. The van der Waals surface area contributed by atoms with Crippen LogP contribution in [0, 0.1) is 11.7 Å². The van der Waals surface area contributed by atoms with Gasteiger partial charge in [0.25, 0.3) is 0 Å². The first-order valence-corrected chi connectivity index (χ1v) is 13.4. The van der Waals surface area contributed by atoms with Crippen molar-refractivity contribution in [2.45, 2.75) is 32.6 Å². The Kier molecular flexibility index (Phi) is 8.61. The highest BCUT2D eigenvalue weighted by Gasteiger charge is 2.32. The summed E-state index contributed by atoms with van der Waals surface area (Å²) in [6.07, 6.45) is 3.72. The maximum absolute atomic E-state index is 14.3. The molecule has 0 saturated heterocycles. The predicted octanol–water partition coefficient (Wildman–Crippen LogP) is 5.33. The minimum Gasteiger partial charge on any atom is -0.344 e.